The number of likely N-dealkylation sites (tertiary alicyclic amines) is 2. The van der Waals surface area contributed by atoms with Gasteiger partial charge in [-0.05, 0) is 58.4 Å². The average Bonchev–Trinajstić information content (AvgIpc) is 3.25. The van der Waals surface area contributed by atoms with Gasteiger partial charge in [0.15, 0.2) is 0 Å². The summed E-state index contributed by atoms with van der Waals surface area (Å²) in [5.74, 6) is 0.515. The van der Waals surface area contributed by atoms with E-state index in [1.165, 1.54) is 12.0 Å². The lowest BCUT2D eigenvalue weighted by Crippen LogP contribution is -2.47. The second-order valence-corrected chi connectivity index (χ2v) is 9.36. The summed E-state index contributed by atoms with van der Waals surface area (Å²) in [6.07, 6.45) is 7.15. The highest BCUT2D eigenvalue weighted by atomic mass is 16.2. The van der Waals surface area contributed by atoms with Crippen molar-refractivity contribution in [2.45, 2.75) is 77.3 Å². The van der Waals surface area contributed by atoms with Crippen molar-refractivity contribution >= 4 is 11.8 Å². The summed E-state index contributed by atoms with van der Waals surface area (Å²) in [4.78, 5) is 30.1. The number of aromatic amines is 1. The van der Waals surface area contributed by atoms with Crippen molar-refractivity contribution in [3.05, 3.63) is 52.8 Å². The number of hydrogen-bond donors (Lipinski definition) is 1. The molecule has 31 heavy (non-hydrogen) atoms. The lowest BCUT2D eigenvalue weighted by atomic mass is 9.90. The number of aromatic nitrogens is 2. The third-order valence-corrected chi connectivity index (χ3v) is 7.06. The molecule has 0 radical (unpaired) electrons. The van der Waals surface area contributed by atoms with Gasteiger partial charge in [0.1, 0.15) is 0 Å². The van der Waals surface area contributed by atoms with Gasteiger partial charge >= 0.3 is 0 Å². The van der Waals surface area contributed by atoms with Crippen LogP contribution in [-0.2, 0) is 11.2 Å². The summed E-state index contributed by atoms with van der Waals surface area (Å²) < 4.78 is 0. The molecule has 2 fully saturated rings. The van der Waals surface area contributed by atoms with Crippen LogP contribution in [0.1, 0.15) is 79.0 Å². The van der Waals surface area contributed by atoms with Crippen LogP contribution < -0.4 is 0 Å². The first-order valence-corrected chi connectivity index (χ1v) is 11.6. The first-order chi connectivity index (χ1) is 14.9. The zero-order chi connectivity index (χ0) is 22.0. The van der Waals surface area contributed by atoms with Crippen LogP contribution in [-0.4, -0.2) is 57.0 Å². The number of aryl methyl sites for hydroxylation is 1. The van der Waals surface area contributed by atoms with E-state index in [9.17, 15) is 9.59 Å². The number of hydrogen-bond acceptors (Lipinski definition) is 3. The summed E-state index contributed by atoms with van der Waals surface area (Å²) in [7, 11) is 0. The Kier molecular flexibility index (Phi) is 6.44. The third kappa shape index (κ3) is 4.68. The van der Waals surface area contributed by atoms with Crippen LogP contribution >= 0.6 is 0 Å². The zero-order valence-corrected chi connectivity index (χ0v) is 18.9. The Balaban J connectivity index is 1.38. The normalized spacial score (nSPS) is 22.5. The maximum Gasteiger partial charge on any atom is 0.257 e. The molecule has 2 aromatic rings. The van der Waals surface area contributed by atoms with E-state index in [0.717, 1.165) is 50.0 Å². The van der Waals surface area contributed by atoms with Crippen LogP contribution in [0.2, 0.25) is 0 Å². The highest BCUT2D eigenvalue weighted by Crippen LogP contribution is 2.32. The Labute approximate surface area is 185 Å². The molecule has 2 amide bonds. The van der Waals surface area contributed by atoms with E-state index in [2.05, 4.69) is 43.1 Å². The van der Waals surface area contributed by atoms with Gasteiger partial charge in [0.2, 0.25) is 5.91 Å². The van der Waals surface area contributed by atoms with Crippen LogP contribution in [0.3, 0.4) is 0 Å². The van der Waals surface area contributed by atoms with Gasteiger partial charge in [0.05, 0.1) is 23.9 Å². The van der Waals surface area contributed by atoms with Gasteiger partial charge in [-0.1, -0.05) is 29.8 Å². The Bertz CT molecular complexity index is 902. The van der Waals surface area contributed by atoms with Crippen molar-refractivity contribution in [2.75, 3.05) is 13.1 Å². The molecule has 1 N–H and O–H groups in total. The highest BCUT2D eigenvalue weighted by molar-refractivity contribution is 5.95. The minimum absolute atomic E-state index is 0.0985. The summed E-state index contributed by atoms with van der Waals surface area (Å²) in [6, 6.07) is 8.70. The minimum Gasteiger partial charge on any atom is -0.342 e. The molecule has 6 nitrogen and oxygen atoms in total. The second kappa shape index (κ2) is 9.25. The van der Waals surface area contributed by atoms with Crippen molar-refractivity contribution in [3.8, 4) is 0 Å². The van der Waals surface area contributed by atoms with Gasteiger partial charge < -0.3 is 9.80 Å². The van der Waals surface area contributed by atoms with Gasteiger partial charge in [-0.15, -0.1) is 0 Å². The van der Waals surface area contributed by atoms with E-state index >= 15 is 0 Å². The number of benzene rings is 1. The van der Waals surface area contributed by atoms with Crippen LogP contribution in [0, 0.1) is 6.92 Å². The molecule has 3 heterocycles. The quantitative estimate of drug-likeness (QED) is 0.807. The van der Waals surface area contributed by atoms with Gasteiger partial charge in [0, 0.05) is 31.1 Å². The molecule has 0 bridgehead atoms. The van der Waals surface area contributed by atoms with E-state index in [1.807, 2.05) is 21.9 Å². The fourth-order valence-electron chi connectivity index (χ4n) is 5.15. The van der Waals surface area contributed by atoms with E-state index < -0.39 is 0 Å². The van der Waals surface area contributed by atoms with Crippen molar-refractivity contribution in [1.29, 1.82) is 0 Å². The van der Waals surface area contributed by atoms with Crippen LogP contribution in [0.5, 0.6) is 0 Å². The topological polar surface area (TPSA) is 69.3 Å². The largest absolute Gasteiger partial charge is 0.342 e. The number of nitrogens with one attached hydrogen (secondary N) is 1. The monoisotopic (exact) mass is 422 g/mol. The van der Waals surface area contributed by atoms with Gasteiger partial charge in [-0.2, -0.15) is 5.10 Å². The predicted octanol–water partition coefficient (Wildman–Crippen LogP) is 4.07. The minimum atomic E-state index is 0.0985. The maximum atomic E-state index is 13.3. The maximum absolute atomic E-state index is 13.3. The highest BCUT2D eigenvalue weighted by Gasteiger charge is 2.34. The molecule has 2 aliphatic rings. The van der Waals surface area contributed by atoms with Gasteiger partial charge in [-0.3, -0.25) is 14.7 Å². The number of rotatable bonds is 4. The van der Waals surface area contributed by atoms with Crippen molar-refractivity contribution in [1.82, 2.24) is 20.0 Å². The van der Waals surface area contributed by atoms with Crippen molar-refractivity contribution < 1.29 is 9.59 Å². The van der Waals surface area contributed by atoms with Crippen LogP contribution in [0.25, 0.3) is 0 Å². The molecule has 1 aromatic heterocycles. The molecule has 4 rings (SSSR count). The van der Waals surface area contributed by atoms with Crippen LogP contribution in [0.4, 0.5) is 0 Å². The van der Waals surface area contributed by atoms with E-state index in [-0.39, 0.29) is 29.8 Å². The fraction of sp³-hybridized carbons (Fsp3) is 0.560. The molecule has 166 valence electrons. The Morgan fingerprint density at radius 3 is 2.32 bits per heavy atom. The Morgan fingerprint density at radius 2 is 1.68 bits per heavy atom. The Morgan fingerprint density at radius 1 is 1.03 bits per heavy atom. The molecule has 2 unspecified atom stereocenters. The Hall–Kier alpha value is -2.63. The third-order valence-electron chi connectivity index (χ3n) is 7.06. The number of carbonyl (C=O) groups excluding carboxylic acids is 2. The first-order valence-electron chi connectivity index (χ1n) is 11.6. The van der Waals surface area contributed by atoms with Crippen molar-refractivity contribution in [2.24, 2.45) is 0 Å². The van der Waals surface area contributed by atoms with E-state index in [4.69, 9.17) is 0 Å². The molecule has 2 aliphatic heterocycles. The average molecular weight is 423 g/mol. The second-order valence-electron chi connectivity index (χ2n) is 9.36. The summed E-state index contributed by atoms with van der Waals surface area (Å²) >= 11 is 0. The number of amides is 2. The number of carbonyl (C=O) groups is 2. The number of piperidine rings is 2. The molecular formula is C25H34N4O2. The summed E-state index contributed by atoms with van der Waals surface area (Å²) in [6.45, 7) is 7.78. The molecule has 6 heteroatoms. The molecular weight excluding hydrogens is 388 g/mol. The lowest BCUT2D eigenvalue weighted by molar-refractivity contribution is -0.131. The smallest absolute Gasteiger partial charge is 0.257 e. The van der Waals surface area contributed by atoms with Crippen molar-refractivity contribution in [3.63, 3.8) is 0 Å². The molecule has 0 saturated carbocycles. The van der Waals surface area contributed by atoms with Crippen LogP contribution in [0.15, 0.2) is 30.5 Å². The lowest BCUT2D eigenvalue weighted by Gasteiger charge is -2.39. The standard InChI is InChI=1S/C25H34N4O2/c1-17-7-9-20(10-8-17)15-23(30)28-13-11-21(12-14-28)24-22(16-26-27-24)25(31)29-18(2)5-4-6-19(29)3/h7-10,16,18-19,21H,4-6,11-15H2,1-3H3,(H,26,27). The molecule has 1 aromatic carbocycles. The molecule has 2 saturated heterocycles. The summed E-state index contributed by atoms with van der Waals surface area (Å²) in [5, 5.41) is 7.34. The number of nitrogens with zero attached hydrogens (tertiary/aromatic N) is 3. The number of H-pyrrole nitrogens is 1. The fourth-order valence-corrected chi connectivity index (χ4v) is 5.15. The van der Waals surface area contributed by atoms with Gasteiger partial charge in [-0.25, -0.2) is 0 Å². The predicted molar refractivity (Wildman–Crippen MR) is 121 cm³/mol. The molecule has 0 spiro atoms. The first kappa shape index (κ1) is 21.6. The van der Waals surface area contributed by atoms with Gasteiger partial charge in [0.25, 0.3) is 5.91 Å². The SMILES string of the molecule is Cc1ccc(CC(=O)N2CCC(c3[nH]ncc3C(=O)N3C(C)CCCC3C)CC2)cc1. The molecule has 0 aliphatic carbocycles. The zero-order valence-electron chi connectivity index (χ0n) is 18.9. The van der Waals surface area contributed by atoms with E-state index in [0.29, 0.717) is 12.0 Å². The summed E-state index contributed by atoms with van der Waals surface area (Å²) in [5.41, 5.74) is 3.92. The molecule has 2 atom stereocenters. The van der Waals surface area contributed by atoms with E-state index in [1.54, 1.807) is 6.20 Å².